The number of rotatable bonds is 7. The molecule has 2 aromatic rings. The lowest BCUT2D eigenvalue weighted by Crippen LogP contribution is -2.55. The number of anilines is 1. The molecule has 0 aliphatic heterocycles. The summed E-state index contributed by atoms with van der Waals surface area (Å²) in [7, 11) is 0. The summed E-state index contributed by atoms with van der Waals surface area (Å²) in [6.07, 6.45) is 5.87. The van der Waals surface area contributed by atoms with E-state index in [4.69, 9.17) is 11.7 Å². The Hall–Kier alpha value is -3.09. The van der Waals surface area contributed by atoms with Crippen molar-refractivity contribution >= 4 is 34.3 Å². The van der Waals surface area contributed by atoms with Crippen molar-refractivity contribution in [3.8, 4) is 0 Å². The van der Waals surface area contributed by atoms with E-state index >= 15 is 0 Å². The number of amides is 1. The Kier molecular flexibility index (Phi) is 8.09. The van der Waals surface area contributed by atoms with Gasteiger partial charge in [0.25, 0.3) is 5.91 Å². The molecule has 0 bridgehead atoms. The van der Waals surface area contributed by atoms with Gasteiger partial charge in [-0.25, -0.2) is 9.37 Å². The molecule has 1 aliphatic carbocycles. The zero-order valence-corrected chi connectivity index (χ0v) is 18.3. The minimum atomic E-state index is -0.643. The summed E-state index contributed by atoms with van der Waals surface area (Å²) < 4.78 is 16.0. The Morgan fingerprint density at radius 2 is 2.09 bits per heavy atom. The lowest BCUT2D eigenvalue weighted by atomic mass is 9.99. The van der Waals surface area contributed by atoms with Crippen molar-refractivity contribution in [2.45, 2.75) is 36.5 Å². The van der Waals surface area contributed by atoms with Crippen molar-refractivity contribution in [1.82, 2.24) is 10.4 Å². The number of benzene rings is 1. The van der Waals surface area contributed by atoms with Crippen molar-refractivity contribution in [2.24, 2.45) is 16.9 Å². The first kappa shape index (κ1) is 23.6. The molecule has 0 spiro atoms. The fourth-order valence-corrected chi connectivity index (χ4v) is 4.46. The van der Waals surface area contributed by atoms with E-state index in [2.05, 4.69) is 26.6 Å². The molecule has 1 aromatic carbocycles. The number of hydrogen-bond acceptors (Lipinski definition) is 7. The molecule has 1 aliphatic rings. The van der Waals surface area contributed by atoms with Crippen molar-refractivity contribution in [3.05, 3.63) is 52.3 Å². The first-order chi connectivity index (χ1) is 15.5. The number of hydrazine groups is 2. The molecule has 0 atom stereocenters. The Morgan fingerprint density at radius 1 is 1.34 bits per heavy atom. The van der Waals surface area contributed by atoms with Crippen molar-refractivity contribution in [3.63, 3.8) is 0 Å². The van der Waals surface area contributed by atoms with Crippen LogP contribution in [0, 0.1) is 10.7 Å². The van der Waals surface area contributed by atoms with Gasteiger partial charge in [0.15, 0.2) is 18.2 Å². The normalized spacial score (nSPS) is 14.7. The van der Waals surface area contributed by atoms with E-state index in [9.17, 15) is 14.1 Å². The van der Waals surface area contributed by atoms with Crippen LogP contribution < -0.4 is 28.2 Å². The zero-order chi connectivity index (χ0) is 23.1. The minimum absolute atomic E-state index is 0.0501. The number of quaternary nitrogens is 1. The fourth-order valence-electron chi connectivity index (χ4n) is 3.59. The van der Waals surface area contributed by atoms with Crippen LogP contribution in [0.4, 0.5) is 15.9 Å². The number of pyridine rings is 1. The lowest BCUT2D eigenvalue weighted by molar-refractivity contribution is -0.566. The number of hydrazone groups is 1. The third kappa shape index (κ3) is 5.58. The molecular weight excluding hydrogens is 435 g/mol. The van der Waals surface area contributed by atoms with Crippen LogP contribution in [0.2, 0.25) is 0 Å². The fraction of sp³-hybridized carbons (Fsp3) is 0.350. The number of aromatic nitrogens is 1. The predicted octanol–water partition coefficient (Wildman–Crippen LogP) is 1.57. The van der Waals surface area contributed by atoms with Crippen LogP contribution in [0.15, 0.2) is 40.5 Å². The maximum Gasteiger partial charge on any atom is 0.352 e. The smallest absolute Gasteiger partial charge is 0.352 e. The SMILES string of the molecule is NN/C(Sc1ccc(N=O)cc1C(=O)Nc1ncc(C2CCCC2)cc1F)=[N+](\N)CC[NH3+]. The van der Waals surface area contributed by atoms with Gasteiger partial charge in [0, 0.05) is 22.9 Å². The second-order valence-corrected chi connectivity index (χ2v) is 8.44. The highest BCUT2D eigenvalue weighted by atomic mass is 32.2. The van der Waals surface area contributed by atoms with Gasteiger partial charge in [-0.3, -0.25) is 10.6 Å². The molecule has 1 aromatic heterocycles. The van der Waals surface area contributed by atoms with Crippen LogP contribution in [0.25, 0.3) is 0 Å². The molecule has 0 radical (unpaired) electrons. The number of nitrogens with zero attached hydrogens (tertiary/aromatic N) is 3. The standard InChI is InChI=1S/C20H25FN8O2S/c21-16-9-13(12-3-1-2-4-12)11-25-18(16)26-19(30)15-10-14(28-31)5-6-17(15)32-20(27-23)29(24)8-7-22/h5-6,9-12H,1-4,7-8,22-24H2,(H,25,26,30)/p+2. The number of halogens is 1. The molecule has 10 nitrogen and oxygen atoms in total. The van der Waals surface area contributed by atoms with E-state index in [0.717, 1.165) is 43.0 Å². The van der Waals surface area contributed by atoms with Crippen LogP contribution in [0.3, 0.4) is 0 Å². The molecule has 1 amide bonds. The summed E-state index contributed by atoms with van der Waals surface area (Å²) in [5.74, 6) is 10.4. The highest BCUT2D eigenvalue weighted by molar-refractivity contribution is 8.13. The molecule has 170 valence electrons. The van der Waals surface area contributed by atoms with Gasteiger partial charge in [-0.15, -0.1) is 4.91 Å². The van der Waals surface area contributed by atoms with E-state index in [1.807, 2.05) is 0 Å². The first-order valence-corrected chi connectivity index (χ1v) is 11.1. The number of nitroso groups, excluding NO2 is 1. The number of carbonyl (C=O) groups is 1. The number of amidine groups is 1. The second kappa shape index (κ2) is 11.0. The maximum absolute atomic E-state index is 14.7. The first-order valence-electron chi connectivity index (χ1n) is 10.2. The van der Waals surface area contributed by atoms with Gasteiger partial charge >= 0.3 is 5.17 Å². The highest BCUT2D eigenvalue weighted by Gasteiger charge is 2.22. The van der Waals surface area contributed by atoms with Crippen molar-refractivity contribution in [2.75, 3.05) is 18.4 Å². The number of thioether (sulfide) groups is 1. The topological polar surface area (TPSA) is 166 Å². The van der Waals surface area contributed by atoms with E-state index < -0.39 is 11.7 Å². The van der Waals surface area contributed by atoms with Crippen LogP contribution in [-0.2, 0) is 0 Å². The number of hydrogen-bond donors (Lipinski definition) is 5. The quantitative estimate of drug-likeness (QED) is 0.0792. The summed E-state index contributed by atoms with van der Waals surface area (Å²) in [6, 6.07) is 5.73. The van der Waals surface area contributed by atoms with Gasteiger partial charge in [-0.2, -0.15) is 16.0 Å². The van der Waals surface area contributed by atoms with E-state index in [1.165, 1.54) is 22.9 Å². The van der Waals surface area contributed by atoms with E-state index in [1.54, 1.807) is 12.3 Å². The molecule has 0 unspecified atom stereocenters. The minimum Gasteiger partial charge on any atom is -0.354 e. The van der Waals surface area contributed by atoms with Gasteiger partial charge in [-0.1, -0.05) is 12.8 Å². The molecule has 0 saturated heterocycles. The Labute approximate surface area is 188 Å². The molecule has 9 N–H and O–H groups in total. The van der Waals surface area contributed by atoms with Crippen LogP contribution in [0.1, 0.15) is 47.5 Å². The highest BCUT2D eigenvalue weighted by Crippen LogP contribution is 2.34. The van der Waals surface area contributed by atoms with Gasteiger partial charge in [-0.05, 0) is 53.8 Å². The number of carbonyl (C=O) groups excluding carboxylic acids is 1. The second-order valence-electron chi connectivity index (χ2n) is 7.40. The number of nitrogens with one attached hydrogen (secondary N) is 2. The van der Waals surface area contributed by atoms with Crippen LogP contribution in [0.5, 0.6) is 0 Å². The number of nitrogens with two attached hydrogens (primary N) is 2. The summed E-state index contributed by atoms with van der Waals surface area (Å²) in [5.41, 5.74) is 7.21. The molecule has 12 heteroatoms. The van der Waals surface area contributed by atoms with E-state index in [-0.39, 0.29) is 17.1 Å². The molecule has 3 rings (SSSR count). The molecule has 1 saturated carbocycles. The Balaban J connectivity index is 1.86. The van der Waals surface area contributed by atoms with Gasteiger partial charge < -0.3 is 11.1 Å². The average Bonchev–Trinajstić information content (AvgIpc) is 3.34. The Morgan fingerprint density at radius 3 is 2.72 bits per heavy atom. The Bertz CT molecular complexity index is 1030. The van der Waals surface area contributed by atoms with Crippen LogP contribution >= 0.6 is 11.8 Å². The predicted molar refractivity (Wildman–Crippen MR) is 121 cm³/mol. The third-order valence-corrected chi connectivity index (χ3v) is 6.35. The maximum atomic E-state index is 14.7. The van der Waals surface area contributed by atoms with Gasteiger partial charge in [0.05, 0.1) is 5.56 Å². The molecule has 32 heavy (non-hydrogen) atoms. The molecular formula is C20H27FN8O2S+2. The molecule has 1 heterocycles. The van der Waals surface area contributed by atoms with Crippen molar-refractivity contribution < 1.29 is 19.6 Å². The molecule has 1 fully saturated rings. The summed E-state index contributed by atoms with van der Waals surface area (Å²) in [6.45, 7) is 0.954. The van der Waals surface area contributed by atoms with E-state index in [0.29, 0.717) is 29.1 Å². The van der Waals surface area contributed by atoms with Gasteiger partial charge in [0.2, 0.25) is 0 Å². The van der Waals surface area contributed by atoms with Gasteiger partial charge in [0.1, 0.15) is 12.2 Å². The largest absolute Gasteiger partial charge is 0.354 e. The lowest BCUT2D eigenvalue weighted by Gasteiger charge is -2.13. The average molecular weight is 463 g/mol. The summed E-state index contributed by atoms with van der Waals surface area (Å²) in [4.78, 5) is 28.5. The summed E-state index contributed by atoms with van der Waals surface area (Å²) in [5, 5.41) is 5.72. The zero-order valence-electron chi connectivity index (χ0n) is 17.5. The third-order valence-electron chi connectivity index (χ3n) is 5.22. The summed E-state index contributed by atoms with van der Waals surface area (Å²) >= 11 is 1.08. The van der Waals surface area contributed by atoms with Crippen molar-refractivity contribution in [1.29, 1.82) is 0 Å². The monoisotopic (exact) mass is 462 g/mol. The van der Waals surface area contributed by atoms with Crippen LogP contribution in [-0.4, -0.2) is 33.8 Å².